The van der Waals surface area contributed by atoms with Gasteiger partial charge in [0.15, 0.2) is 0 Å². The first-order valence-corrected chi connectivity index (χ1v) is 7.94. The van der Waals surface area contributed by atoms with E-state index in [0.29, 0.717) is 5.75 Å². The van der Waals surface area contributed by atoms with Gasteiger partial charge in [0.2, 0.25) is 0 Å². The molecule has 2 rings (SSSR count). The van der Waals surface area contributed by atoms with E-state index in [4.69, 9.17) is 4.74 Å². The number of ether oxygens (including phenoxy) is 1. The van der Waals surface area contributed by atoms with Gasteiger partial charge in [-0.2, -0.15) is 0 Å². The quantitative estimate of drug-likeness (QED) is 0.828. The third kappa shape index (κ3) is 3.59. The summed E-state index contributed by atoms with van der Waals surface area (Å²) in [6, 6.07) is 6.72. The maximum atomic E-state index is 13.4. The molecule has 2 nitrogen and oxygen atoms in total. The molecule has 20 heavy (non-hydrogen) atoms. The standard InChI is InChI=1S/C15H17BrFNOS/c1-9(13-6-11(17)4-5-15(13)19-3)18-8-12-7-14(16)10(2)20-12/h4-7,9,18H,8H2,1-3H3. The van der Waals surface area contributed by atoms with Gasteiger partial charge in [0, 0.05) is 32.4 Å². The molecule has 0 fully saturated rings. The van der Waals surface area contributed by atoms with E-state index in [1.807, 2.05) is 6.92 Å². The van der Waals surface area contributed by atoms with Gasteiger partial charge in [-0.05, 0) is 54.0 Å². The van der Waals surface area contributed by atoms with Crippen molar-refractivity contribution < 1.29 is 9.13 Å². The Kier molecular flexibility index (Phi) is 5.18. The van der Waals surface area contributed by atoms with Crippen molar-refractivity contribution in [1.29, 1.82) is 0 Å². The third-order valence-corrected chi connectivity index (χ3v) is 5.29. The molecule has 1 unspecified atom stereocenters. The molecule has 1 N–H and O–H groups in total. The van der Waals surface area contributed by atoms with Crippen LogP contribution in [-0.4, -0.2) is 7.11 Å². The molecule has 1 aromatic carbocycles. The molecular formula is C15H17BrFNOS. The van der Waals surface area contributed by atoms with Gasteiger partial charge in [-0.1, -0.05) is 0 Å². The molecule has 0 aliphatic rings. The van der Waals surface area contributed by atoms with Crippen LogP contribution in [0.5, 0.6) is 5.75 Å². The SMILES string of the molecule is COc1ccc(F)cc1C(C)NCc1cc(Br)c(C)s1. The van der Waals surface area contributed by atoms with Gasteiger partial charge in [0.05, 0.1) is 7.11 Å². The topological polar surface area (TPSA) is 21.3 Å². The Labute approximate surface area is 131 Å². The number of aryl methyl sites for hydroxylation is 1. The molecule has 1 aromatic heterocycles. The smallest absolute Gasteiger partial charge is 0.123 e. The number of halogens is 2. The van der Waals surface area contributed by atoms with E-state index >= 15 is 0 Å². The van der Waals surface area contributed by atoms with Crippen molar-refractivity contribution in [3.8, 4) is 5.75 Å². The van der Waals surface area contributed by atoms with Gasteiger partial charge >= 0.3 is 0 Å². The van der Waals surface area contributed by atoms with E-state index in [1.54, 1.807) is 24.5 Å². The molecular weight excluding hydrogens is 341 g/mol. The van der Waals surface area contributed by atoms with Crippen LogP contribution in [0.25, 0.3) is 0 Å². The second kappa shape index (κ2) is 6.70. The highest BCUT2D eigenvalue weighted by molar-refractivity contribution is 9.10. The molecule has 0 radical (unpaired) electrons. The van der Waals surface area contributed by atoms with Gasteiger partial charge in [0.25, 0.3) is 0 Å². The van der Waals surface area contributed by atoms with E-state index in [0.717, 1.165) is 16.6 Å². The molecule has 0 spiro atoms. The predicted molar refractivity (Wildman–Crippen MR) is 85.0 cm³/mol. The van der Waals surface area contributed by atoms with Gasteiger partial charge in [-0.15, -0.1) is 11.3 Å². The molecule has 0 amide bonds. The second-order valence-corrected chi connectivity index (χ2v) is 6.80. The number of rotatable bonds is 5. The third-order valence-electron chi connectivity index (χ3n) is 3.15. The molecule has 2 aromatic rings. The zero-order chi connectivity index (χ0) is 14.7. The maximum Gasteiger partial charge on any atom is 0.123 e. The molecule has 0 saturated carbocycles. The Hall–Kier alpha value is -0.910. The fourth-order valence-electron chi connectivity index (χ4n) is 2.01. The first kappa shape index (κ1) is 15.5. The van der Waals surface area contributed by atoms with E-state index in [2.05, 4.69) is 34.2 Å². The van der Waals surface area contributed by atoms with Gasteiger partial charge in [-0.3, -0.25) is 0 Å². The lowest BCUT2D eigenvalue weighted by Gasteiger charge is -2.17. The lowest BCUT2D eigenvalue weighted by atomic mass is 10.1. The number of methoxy groups -OCH3 is 1. The Balaban J connectivity index is 2.08. The summed E-state index contributed by atoms with van der Waals surface area (Å²) in [5.41, 5.74) is 0.833. The average Bonchev–Trinajstić information content (AvgIpc) is 2.75. The van der Waals surface area contributed by atoms with Crippen LogP contribution in [0.1, 0.15) is 28.3 Å². The van der Waals surface area contributed by atoms with Crippen LogP contribution in [0.3, 0.4) is 0 Å². The predicted octanol–water partition coefficient (Wildman–Crippen LogP) is 4.82. The summed E-state index contributed by atoms with van der Waals surface area (Å²) in [6.07, 6.45) is 0. The zero-order valence-corrected chi connectivity index (χ0v) is 14.1. The number of hydrogen-bond donors (Lipinski definition) is 1. The molecule has 1 heterocycles. The van der Waals surface area contributed by atoms with Gasteiger partial charge in [0.1, 0.15) is 11.6 Å². The van der Waals surface area contributed by atoms with Crippen molar-refractivity contribution in [2.24, 2.45) is 0 Å². The summed E-state index contributed by atoms with van der Waals surface area (Å²) >= 11 is 5.26. The summed E-state index contributed by atoms with van der Waals surface area (Å²) in [6.45, 7) is 4.84. The Morgan fingerprint density at radius 3 is 2.75 bits per heavy atom. The minimum Gasteiger partial charge on any atom is -0.496 e. The first-order valence-electron chi connectivity index (χ1n) is 6.33. The molecule has 108 valence electrons. The van der Waals surface area contributed by atoms with E-state index in [9.17, 15) is 4.39 Å². The lowest BCUT2D eigenvalue weighted by molar-refractivity contribution is 0.400. The second-order valence-electron chi connectivity index (χ2n) is 4.61. The van der Waals surface area contributed by atoms with Crippen molar-refractivity contribution in [2.75, 3.05) is 7.11 Å². The van der Waals surface area contributed by atoms with Gasteiger partial charge < -0.3 is 10.1 Å². The van der Waals surface area contributed by atoms with Crippen LogP contribution in [0, 0.1) is 12.7 Å². The Bertz CT molecular complexity index is 580. The average molecular weight is 358 g/mol. The van der Waals surface area contributed by atoms with E-state index in [1.165, 1.54) is 21.9 Å². The summed E-state index contributed by atoms with van der Waals surface area (Å²) < 4.78 is 19.8. The number of nitrogens with one attached hydrogen (secondary N) is 1. The van der Waals surface area contributed by atoms with Crippen LogP contribution >= 0.6 is 27.3 Å². The number of hydrogen-bond acceptors (Lipinski definition) is 3. The summed E-state index contributed by atoms with van der Waals surface area (Å²) in [4.78, 5) is 2.51. The highest BCUT2D eigenvalue weighted by Crippen LogP contribution is 2.28. The highest BCUT2D eigenvalue weighted by Gasteiger charge is 2.13. The van der Waals surface area contributed by atoms with Crippen molar-refractivity contribution >= 4 is 27.3 Å². The Morgan fingerprint density at radius 1 is 1.40 bits per heavy atom. The van der Waals surface area contributed by atoms with Gasteiger partial charge in [-0.25, -0.2) is 4.39 Å². The summed E-state index contributed by atoms with van der Waals surface area (Å²) in [5, 5.41) is 3.40. The van der Waals surface area contributed by atoms with Crippen LogP contribution in [-0.2, 0) is 6.54 Å². The largest absolute Gasteiger partial charge is 0.496 e. The minimum atomic E-state index is -0.246. The van der Waals surface area contributed by atoms with Crippen molar-refractivity contribution in [1.82, 2.24) is 5.32 Å². The fraction of sp³-hybridized carbons (Fsp3) is 0.333. The highest BCUT2D eigenvalue weighted by atomic mass is 79.9. The summed E-state index contributed by atoms with van der Waals surface area (Å²) in [5.74, 6) is 0.458. The zero-order valence-electron chi connectivity index (χ0n) is 11.7. The van der Waals surface area contributed by atoms with Crippen LogP contribution in [0.4, 0.5) is 4.39 Å². The monoisotopic (exact) mass is 357 g/mol. The molecule has 1 atom stereocenters. The normalized spacial score (nSPS) is 12.4. The maximum absolute atomic E-state index is 13.4. The van der Waals surface area contributed by atoms with Crippen LogP contribution < -0.4 is 10.1 Å². The summed E-state index contributed by atoms with van der Waals surface area (Å²) in [7, 11) is 1.60. The van der Waals surface area contributed by atoms with E-state index < -0.39 is 0 Å². The first-order chi connectivity index (χ1) is 9.51. The molecule has 0 saturated heterocycles. The fourth-order valence-corrected chi connectivity index (χ4v) is 3.56. The molecule has 0 aliphatic carbocycles. The van der Waals surface area contributed by atoms with Crippen molar-refractivity contribution in [2.45, 2.75) is 26.4 Å². The molecule has 0 aliphatic heterocycles. The van der Waals surface area contributed by atoms with Crippen molar-refractivity contribution in [3.05, 3.63) is 49.9 Å². The van der Waals surface area contributed by atoms with Crippen LogP contribution in [0.15, 0.2) is 28.7 Å². The van der Waals surface area contributed by atoms with E-state index in [-0.39, 0.29) is 11.9 Å². The lowest BCUT2D eigenvalue weighted by Crippen LogP contribution is -2.18. The van der Waals surface area contributed by atoms with Crippen molar-refractivity contribution in [3.63, 3.8) is 0 Å². The molecule has 5 heteroatoms. The minimum absolute atomic E-state index is 0.0156. The Morgan fingerprint density at radius 2 is 2.15 bits per heavy atom. The molecule has 0 bridgehead atoms. The number of benzene rings is 1. The number of thiophene rings is 1. The van der Waals surface area contributed by atoms with Crippen LogP contribution in [0.2, 0.25) is 0 Å².